The van der Waals surface area contributed by atoms with Crippen LogP contribution in [0.15, 0.2) is 0 Å². The summed E-state index contributed by atoms with van der Waals surface area (Å²) in [6, 6.07) is 0.797. The highest BCUT2D eigenvalue weighted by molar-refractivity contribution is 4.81. The molecule has 0 aromatic rings. The van der Waals surface area contributed by atoms with E-state index in [1.54, 1.807) is 0 Å². The number of alkyl halides is 1. The standard InChI is InChI=1S/C7H14FN/c1-6-3-4-7(5-8)9(6)2/h6-7H,3-5H2,1-2H3. The lowest BCUT2D eigenvalue weighted by Crippen LogP contribution is -2.31. The fourth-order valence-corrected chi connectivity index (χ4v) is 1.39. The molecule has 2 heteroatoms. The quantitative estimate of drug-likeness (QED) is 0.520. The Morgan fingerprint density at radius 1 is 1.56 bits per heavy atom. The van der Waals surface area contributed by atoms with Crippen LogP contribution >= 0.6 is 0 Å². The van der Waals surface area contributed by atoms with Gasteiger partial charge in [-0.3, -0.25) is 4.90 Å². The molecule has 2 unspecified atom stereocenters. The first-order valence-corrected chi connectivity index (χ1v) is 3.53. The van der Waals surface area contributed by atoms with Gasteiger partial charge in [-0.1, -0.05) is 0 Å². The molecule has 1 aliphatic rings. The molecular weight excluding hydrogens is 117 g/mol. The highest BCUT2D eigenvalue weighted by Gasteiger charge is 2.26. The number of halogens is 1. The van der Waals surface area contributed by atoms with Crippen molar-refractivity contribution < 1.29 is 4.39 Å². The second kappa shape index (κ2) is 2.65. The van der Waals surface area contributed by atoms with Gasteiger partial charge in [-0.25, -0.2) is 4.39 Å². The Balaban J connectivity index is 2.41. The number of hydrogen-bond acceptors (Lipinski definition) is 1. The number of nitrogens with zero attached hydrogens (tertiary/aromatic N) is 1. The van der Waals surface area contributed by atoms with Crippen molar-refractivity contribution in [2.45, 2.75) is 31.8 Å². The van der Waals surface area contributed by atoms with Gasteiger partial charge in [0, 0.05) is 12.1 Å². The SMILES string of the molecule is CC1CCC(CF)N1C. The van der Waals surface area contributed by atoms with E-state index in [-0.39, 0.29) is 12.7 Å². The van der Waals surface area contributed by atoms with Crippen LogP contribution in [-0.4, -0.2) is 30.7 Å². The Labute approximate surface area is 55.8 Å². The van der Waals surface area contributed by atoms with Crippen molar-refractivity contribution in [1.82, 2.24) is 4.90 Å². The van der Waals surface area contributed by atoms with E-state index >= 15 is 0 Å². The Morgan fingerprint density at radius 2 is 2.22 bits per heavy atom. The zero-order chi connectivity index (χ0) is 6.85. The minimum absolute atomic E-state index is 0.180. The van der Waals surface area contributed by atoms with Gasteiger partial charge in [-0.2, -0.15) is 0 Å². The first-order valence-electron chi connectivity index (χ1n) is 3.53. The molecular formula is C7H14FN. The van der Waals surface area contributed by atoms with Gasteiger partial charge in [0.2, 0.25) is 0 Å². The molecule has 0 spiro atoms. The highest BCUT2D eigenvalue weighted by atomic mass is 19.1. The first kappa shape index (κ1) is 7.00. The lowest BCUT2D eigenvalue weighted by atomic mass is 10.2. The molecule has 1 heterocycles. The maximum Gasteiger partial charge on any atom is 0.105 e. The molecule has 1 aliphatic heterocycles. The summed E-state index contributed by atoms with van der Waals surface area (Å²) < 4.78 is 12.1. The van der Waals surface area contributed by atoms with Crippen LogP contribution in [0.4, 0.5) is 4.39 Å². The van der Waals surface area contributed by atoms with Gasteiger partial charge in [-0.15, -0.1) is 0 Å². The summed E-state index contributed by atoms with van der Waals surface area (Å²) in [4.78, 5) is 2.12. The molecule has 0 saturated carbocycles. The Morgan fingerprint density at radius 3 is 2.44 bits per heavy atom. The Kier molecular flexibility index (Phi) is 2.06. The van der Waals surface area contributed by atoms with Crippen LogP contribution in [0.25, 0.3) is 0 Å². The van der Waals surface area contributed by atoms with Crippen LogP contribution in [0, 0.1) is 0 Å². The number of hydrogen-bond donors (Lipinski definition) is 0. The fraction of sp³-hybridized carbons (Fsp3) is 1.00. The average molecular weight is 131 g/mol. The molecule has 2 atom stereocenters. The lowest BCUT2D eigenvalue weighted by molar-refractivity contribution is 0.216. The van der Waals surface area contributed by atoms with Crippen LogP contribution in [0.3, 0.4) is 0 Å². The van der Waals surface area contributed by atoms with E-state index in [1.165, 1.54) is 0 Å². The van der Waals surface area contributed by atoms with Crippen molar-refractivity contribution in [3.05, 3.63) is 0 Å². The van der Waals surface area contributed by atoms with Gasteiger partial charge in [0.25, 0.3) is 0 Å². The van der Waals surface area contributed by atoms with E-state index < -0.39 is 0 Å². The molecule has 0 aromatic carbocycles. The van der Waals surface area contributed by atoms with Gasteiger partial charge >= 0.3 is 0 Å². The van der Waals surface area contributed by atoms with E-state index in [0.717, 1.165) is 12.8 Å². The van der Waals surface area contributed by atoms with Crippen LogP contribution in [-0.2, 0) is 0 Å². The third-order valence-electron chi connectivity index (χ3n) is 2.37. The van der Waals surface area contributed by atoms with E-state index in [1.807, 2.05) is 7.05 Å². The third kappa shape index (κ3) is 1.23. The van der Waals surface area contributed by atoms with E-state index in [2.05, 4.69) is 11.8 Å². The van der Waals surface area contributed by atoms with Crippen LogP contribution in [0.2, 0.25) is 0 Å². The Hall–Kier alpha value is -0.110. The average Bonchev–Trinajstić information content (AvgIpc) is 2.15. The number of rotatable bonds is 1. The monoisotopic (exact) mass is 131 g/mol. The third-order valence-corrected chi connectivity index (χ3v) is 2.37. The molecule has 0 amide bonds. The molecule has 0 radical (unpaired) electrons. The second-order valence-electron chi connectivity index (χ2n) is 2.90. The Bertz CT molecular complexity index is 94.9. The minimum Gasteiger partial charge on any atom is -0.298 e. The van der Waals surface area contributed by atoms with Gasteiger partial charge in [0.05, 0.1) is 0 Å². The molecule has 1 rings (SSSR count). The van der Waals surface area contributed by atoms with Crippen molar-refractivity contribution in [3.8, 4) is 0 Å². The largest absolute Gasteiger partial charge is 0.298 e. The summed E-state index contributed by atoms with van der Waals surface area (Å²) in [6.45, 7) is 1.97. The zero-order valence-corrected chi connectivity index (χ0v) is 6.10. The summed E-state index contributed by atoms with van der Waals surface area (Å²) in [7, 11) is 2.00. The fourth-order valence-electron chi connectivity index (χ4n) is 1.39. The second-order valence-corrected chi connectivity index (χ2v) is 2.90. The summed E-state index contributed by atoms with van der Waals surface area (Å²) in [5.74, 6) is 0. The van der Waals surface area contributed by atoms with Crippen molar-refractivity contribution in [2.24, 2.45) is 0 Å². The molecule has 0 N–H and O–H groups in total. The van der Waals surface area contributed by atoms with Crippen molar-refractivity contribution in [3.63, 3.8) is 0 Å². The number of likely N-dealkylation sites (tertiary alicyclic amines) is 1. The molecule has 1 saturated heterocycles. The molecule has 54 valence electrons. The van der Waals surface area contributed by atoms with Crippen molar-refractivity contribution >= 4 is 0 Å². The van der Waals surface area contributed by atoms with Gasteiger partial charge in [0.15, 0.2) is 0 Å². The van der Waals surface area contributed by atoms with Crippen LogP contribution in [0.5, 0.6) is 0 Å². The van der Waals surface area contributed by atoms with Crippen LogP contribution < -0.4 is 0 Å². The van der Waals surface area contributed by atoms with E-state index in [0.29, 0.717) is 6.04 Å². The topological polar surface area (TPSA) is 3.24 Å². The predicted octanol–water partition coefficient (Wildman–Crippen LogP) is 1.44. The maximum atomic E-state index is 12.1. The normalized spacial score (nSPS) is 37.7. The van der Waals surface area contributed by atoms with Crippen molar-refractivity contribution in [1.29, 1.82) is 0 Å². The van der Waals surface area contributed by atoms with Gasteiger partial charge in [-0.05, 0) is 26.8 Å². The molecule has 1 fully saturated rings. The summed E-state index contributed by atoms with van der Waals surface area (Å²) in [5, 5.41) is 0. The molecule has 9 heavy (non-hydrogen) atoms. The molecule has 0 bridgehead atoms. The molecule has 0 aliphatic carbocycles. The van der Waals surface area contributed by atoms with E-state index in [4.69, 9.17) is 0 Å². The smallest absolute Gasteiger partial charge is 0.105 e. The van der Waals surface area contributed by atoms with Gasteiger partial charge < -0.3 is 0 Å². The molecule has 1 nitrogen and oxygen atoms in total. The summed E-state index contributed by atoms with van der Waals surface area (Å²) in [6.07, 6.45) is 2.19. The first-order chi connectivity index (χ1) is 4.25. The molecule has 0 aromatic heterocycles. The summed E-state index contributed by atoms with van der Waals surface area (Å²) in [5.41, 5.74) is 0. The summed E-state index contributed by atoms with van der Waals surface area (Å²) >= 11 is 0. The maximum absolute atomic E-state index is 12.1. The minimum atomic E-state index is -0.180. The zero-order valence-electron chi connectivity index (χ0n) is 6.10. The highest BCUT2D eigenvalue weighted by Crippen LogP contribution is 2.21. The predicted molar refractivity (Wildman–Crippen MR) is 36.2 cm³/mol. The van der Waals surface area contributed by atoms with Crippen LogP contribution in [0.1, 0.15) is 19.8 Å². The van der Waals surface area contributed by atoms with E-state index in [9.17, 15) is 4.39 Å². The lowest BCUT2D eigenvalue weighted by Gasteiger charge is -2.20. The van der Waals surface area contributed by atoms with Crippen molar-refractivity contribution in [2.75, 3.05) is 13.7 Å². The van der Waals surface area contributed by atoms with Gasteiger partial charge in [0.1, 0.15) is 6.67 Å².